The number of nitrogens with one attached hydrogen (secondary N) is 1. The number of hydrogen-bond donors (Lipinski definition) is 2. The minimum absolute atomic E-state index is 0.126. The first-order valence-electron chi connectivity index (χ1n) is 11.1. The monoisotopic (exact) mass is 486 g/mol. The zero-order valence-corrected chi connectivity index (χ0v) is 20.9. The van der Waals surface area contributed by atoms with Crippen molar-refractivity contribution in [3.05, 3.63) is 58.5 Å². The Hall–Kier alpha value is -2.97. The van der Waals surface area contributed by atoms with Gasteiger partial charge in [-0.05, 0) is 64.3 Å². The van der Waals surface area contributed by atoms with Crippen LogP contribution in [0.3, 0.4) is 0 Å². The fourth-order valence-electron chi connectivity index (χ4n) is 3.46. The largest absolute Gasteiger partial charge is 0.444 e. The number of nitrogens with zero attached hydrogens (tertiary/aromatic N) is 3. The highest BCUT2D eigenvalue weighted by Crippen LogP contribution is 2.29. The summed E-state index contributed by atoms with van der Waals surface area (Å²) in [4.78, 5) is 35.0. The third kappa shape index (κ3) is 7.01. The van der Waals surface area contributed by atoms with Gasteiger partial charge in [0, 0.05) is 31.0 Å². The number of rotatable bonds is 5. The molecule has 0 saturated heterocycles. The Balaban J connectivity index is 1.58. The Labute approximate surface area is 205 Å². The van der Waals surface area contributed by atoms with E-state index in [-0.39, 0.29) is 18.4 Å². The van der Waals surface area contributed by atoms with Crippen LogP contribution >= 0.6 is 11.6 Å². The first-order chi connectivity index (χ1) is 15.8. The van der Waals surface area contributed by atoms with Crippen molar-refractivity contribution >= 4 is 35.0 Å². The zero-order chi connectivity index (χ0) is 25.1. The Morgan fingerprint density at radius 3 is 2.47 bits per heavy atom. The van der Waals surface area contributed by atoms with Crippen molar-refractivity contribution in [2.24, 2.45) is 0 Å². The van der Waals surface area contributed by atoms with Gasteiger partial charge in [-0.1, -0.05) is 23.7 Å². The third-order valence-corrected chi connectivity index (χ3v) is 5.46. The van der Waals surface area contributed by atoms with Gasteiger partial charge >= 0.3 is 6.09 Å². The summed E-state index contributed by atoms with van der Waals surface area (Å²) < 4.78 is 5.42. The fraction of sp³-hybridized carbons (Fsp3) is 0.440. The maximum absolute atomic E-state index is 12.5. The second-order valence-corrected chi connectivity index (χ2v) is 10.2. The number of pyridine rings is 2. The van der Waals surface area contributed by atoms with E-state index in [0.29, 0.717) is 35.9 Å². The number of aromatic nitrogens is 2. The Morgan fingerprint density at radius 2 is 1.91 bits per heavy atom. The molecule has 2 N–H and O–H groups in total. The second kappa shape index (κ2) is 10.1. The van der Waals surface area contributed by atoms with E-state index in [0.717, 1.165) is 16.8 Å². The number of anilines is 1. The van der Waals surface area contributed by atoms with E-state index in [2.05, 4.69) is 15.3 Å². The van der Waals surface area contributed by atoms with E-state index in [9.17, 15) is 14.7 Å². The average molecular weight is 487 g/mol. The van der Waals surface area contributed by atoms with Crippen molar-refractivity contribution in [1.29, 1.82) is 0 Å². The summed E-state index contributed by atoms with van der Waals surface area (Å²) in [6.07, 6.45) is 5.55. The first-order valence-corrected chi connectivity index (χ1v) is 11.5. The minimum atomic E-state index is -1.16. The quantitative estimate of drug-likeness (QED) is 0.641. The summed E-state index contributed by atoms with van der Waals surface area (Å²) in [7, 11) is 0. The summed E-state index contributed by atoms with van der Waals surface area (Å²) in [6.45, 7) is 9.81. The van der Waals surface area contributed by atoms with Gasteiger partial charge in [0.05, 0.1) is 22.7 Å². The van der Waals surface area contributed by atoms with E-state index in [1.54, 1.807) is 31.0 Å². The van der Waals surface area contributed by atoms with E-state index in [1.807, 2.05) is 39.0 Å². The molecule has 0 fully saturated rings. The number of halogens is 1. The Bertz CT molecular complexity index is 1090. The van der Waals surface area contributed by atoms with Gasteiger partial charge in [-0.3, -0.25) is 9.78 Å². The predicted molar refractivity (Wildman–Crippen MR) is 131 cm³/mol. The number of ether oxygens (including phenoxy) is 1. The lowest BCUT2D eigenvalue weighted by atomic mass is 9.99. The molecule has 9 heteroatoms. The molecule has 0 aromatic carbocycles. The number of amides is 2. The maximum Gasteiger partial charge on any atom is 0.410 e. The summed E-state index contributed by atoms with van der Waals surface area (Å²) in [5.74, 6) is 0.0639. The van der Waals surface area contributed by atoms with Crippen LogP contribution in [0.25, 0.3) is 5.57 Å². The molecule has 34 heavy (non-hydrogen) atoms. The summed E-state index contributed by atoms with van der Waals surface area (Å²) in [6, 6.07) is 5.31. The highest BCUT2D eigenvalue weighted by Gasteiger charge is 2.24. The summed E-state index contributed by atoms with van der Waals surface area (Å²) >= 11 is 6.10. The average Bonchev–Trinajstić information content (AvgIpc) is 2.74. The molecular weight excluding hydrogens is 456 g/mol. The van der Waals surface area contributed by atoms with Crippen LogP contribution in [0.15, 0.2) is 36.7 Å². The molecule has 3 rings (SSSR count). The molecule has 0 aliphatic carbocycles. The van der Waals surface area contributed by atoms with Crippen molar-refractivity contribution in [2.45, 2.75) is 58.7 Å². The highest BCUT2D eigenvalue weighted by atomic mass is 35.5. The number of hydrogen-bond acceptors (Lipinski definition) is 6. The van der Waals surface area contributed by atoms with Crippen LogP contribution in [0.4, 0.5) is 10.6 Å². The standard InChI is InChI=1S/C25H31ClN4O4/c1-24(2,3)34-23(32)30-10-8-17(9-11-30)20-7-6-16(14-27-20)12-22(31)29-21-13-18(25(4,5)33)19(26)15-28-21/h6-8,13-15,33H,9-12H2,1-5H3,(H,28,29,31). The molecule has 2 amide bonds. The van der Waals surface area contributed by atoms with Crippen LogP contribution in [0.5, 0.6) is 0 Å². The second-order valence-electron chi connectivity index (χ2n) is 9.79. The third-order valence-electron chi connectivity index (χ3n) is 5.16. The van der Waals surface area contributed by atoms with Crippen molar-refractivity contribution in [3.8, 4) is 0 Å². The molecule has 0 saturated carbocycles. The molecule has 8 nitrogen and oxygen atoms in total. The maximum atomic E-state index is 12.5. The van der Waals surface area contributed by atoms with Crippen LogP contribution in [-0.2, 0) is 21.6 Å². The molecule has 0 atom stereocenters. The van der Waals surface area contributed by atoms with Crippen molar-refractivity contribution < 1.29 is 19.4 Å². The van der Waals surface area contributed by atoms with Crippen LogP contribution in [-0.4, -0.2) is 50.7 Å². The normalized spacial score (nSPS) is 14.4. The molecule has 0 radical (unpaired) electrons. The number of carbonyl (C=O) groups excluding carboxylic acids is 2. The van der Waals surface area contributed by atoms with Gasteiger partial charge in [0.1, 0.15) is 11.4 Å². The van der Waals surface area contributed by atoms with Crippen molar-refractivity contribution in [2.75, 3.05) is 18.4 Å². The number of carbonyl (C=O) groups is 2. The van der Waals surface area contributed by atoms with Crippen molar-refractivity contribution in [3.63, 3.8) is 0 Å². The van der Waals surface area contributed by atoms with Gasteiger partial charge in [-0.2, -0.15) is 0 Å². The highest BCUT2D eigenvalue weighted by molar-refractivity contribution is 6.31. The number of aliphatic hydroxyl groups is 1. The van der Waals surface area contributed by atoms with Crippen LogP contribution in [0, 0.1) is 0 Å². The Morgan fingerprint density at radius 1 is 1.18 bits per heavy atom. The van der Waals surface area contributed by atoms with Gasteiger partial charge in [0.25, 0.3) is 0 Å². The molecule has 0 bridgehead atoms. The van der Waals surface area contributed by atoms with Crippen LogP contribution < -0.4 is 5.32 Å². The fourth-order valence-corrected chi connectivity index (χ4v) is 3.80. The molecule has 1 aliphatic heterocycles. The van der Waals surface area contributed by atoms with Gasteiger partial charge in [0.15, 0.2) is 0 Å². The summed E-state index contributed by atoms with van der Waals surface area (Å²) in [5, 5.41) is 13.3. The van der Waals surface area contributed by atoms with E-state index >= 15 is 0 Å². The molecular formula is C25H31ClN4O4. The van der Waals surface area contributed by atoms with E-state index in [1.165, 1.54) is 6.20 Å². The van der Waals surface area contributed by atoms with Crippen molar-refractivity contribution in [1.82, 2.24) is 14.9 Å². The first kappa shape index (κ1) is 25.6. The lowest BCUT2D eigenvalue weighted by Gasteiger charge is -2.29. The minimum Gasteiger partial charge on any atom is -0.444 e. The summed E-state index contributed by atoms with van der Waals surface area (Å²) in [5.41, 5.74) is 1.44. The lowest BCUT2D eigenvalue weighted by molar-refractivity contribution is -0.115. The van der Waals surface area contributed by atoms with Gasteiger partial charge in [-0.25, -0.2) is 9.78 Å². The molecule has 2 aromatic heterocycles. The van der Waals surface area contributed by atoms with Gasteiger partial charge < -0.3 is 20.1 Å². The lowest BCUT2D eigenvalue weighted by Crippen LogP contribution is -2.39. The molecule has 2 aromatic rings. The predicted octanol–water partition coefficient (Wildman–Crippen LogP) is 4.56. The molecule has 1 aliphatic rings. The van der Waals surface area contributed by atoms with Gasteiger partial charge in [-0.15, -0.1) is 0 Å². The van der Waals surface area contributed by atoms with Crippen LogP contribution in [0.1, 0.15) is 57.9 Å². The molecule has 3 heterocycles. The molecule has 0 unspecified atom stereocenters. The van der Waals surface area contributed by atoms with E-state index < -0.39 is 11.2 Å². The molecule has 182 valence electrons. The Kier molecular flexibility index (Phi) is 7.63. The smallest absolute Gasteiger partial charge is 0.410 e. The SMILES string of the molecule is CC(C)(C)OC(=O)N1CC=C(c2ccc(CC(=O)Nc3cc(C(C)(C)O)c(Cl)cn3)cn2)CC1. The van der Waals surface area contributed by atoms with E-state index in [4.69, 9.17) is 16.3 Å². The van der Waals surface area contributed by atoms with Gasteiger partial charge in [0.2, 0.25) is 5.91 Å². The zero-order valence-electron chi connectivity index (χ0n) is 20.2. The van der Waals surface area contributed by atoms with Crippen LogP contribution in [0.2, 0.25) is 5.02 Å². The topological polar surface area (TPSA) is 105 Å². The molecule has 0 spiro atoms.